The summed E-state index contributed by atoms with van der Waals surface area (Å²) in [4.78, 5) is 10.9. The van der Waals surface area contributed by atoms with Gasteiger partial charge in [-0.3, -0.25) is 0 Å². The number of alkyl halides is 1. The van der Waals surface area contributed by atoms with Crippen LogP contribution in [0.2, 0.25) is 0 Å². The maximum Gasteiger partial charge on any atom is 0.408 e. The van der Waals surface area contributed by atoms with E-state index in [1.54, 1.807) is 0 Å². The highest BCUT2D eigenvalue weighted by molar-refractivity contribution is 9.09. The number of rotatable bonds is 3. The number of alkyl carbamates (subject to hydrolysis) is 1. The van der Waals surface area contributed by atoms with Gasteiger partial charge in [0.2, 0.25) is 0 Å². The summed E-state index contributed by atoms with van der Waals surface area (Å²) in [5.74, 6) is 0. The van der Waals surface area contributed by atoms with Gasteiger partial charge >= 0.3 is 6.09 Å². The minimum Gasteiger partial charge on any atom is -0.438 e. The van der Waals surface area contributed by atoms with Gasteiger partial charge in [0.25, 0.3) is 0 Å². The third-order valence-corrected chi connectivity index (χ3v) is 1.69. The predicted molar refractivity (Wildman–Crippen MR) is 53.6 cm³/mol. The van der Waals surface area contributed by atoms with Gasteiger partial charge in [0.1, 0.15) is 5.52 Å². The fraction of sp³-hybridized carbons (Fsp3) is 0.222. The van der Waals surface area contributed by atoms with Gasteiger partial charge in [0.05, 0.1) is 0 Å². The Morgan fingerprint density at radius 3 is 2.69 bits per heavy atom. The van der Waals surface area contributed by atoms with Gasteiger partial charge in [-0.25, -0.2) is 4.79 Å². The maximum atomic E-state index is 10.9. The molecule has 0 aromatic heterocycles. The minimum atomic E-state index is -0.416. The Labute approximate surface area is 85.2 Å². The highest BCUT2D eigenvalue weighted by Crippen LogP contribution is 1.97. The van der Waals surface area contributed by atoms with Gasteiger partial charge in [0.15, 0.2) is 0 Å². The topological polar surface area (TPSA) is 38.3 Å². The van der Waals surface area contributed by atoms with Crippen molar-refractivity contribution in [3.05, 3.63) is 35.9 Å². The van der Waals surface area contributed by atoms with Crippen LogP contribution < -0.4 is 5.32 Å². The highest BCUT2D eigenvalue weighted by atomic mass is 79.9. The molecule has 0 saturated carbocycles. The highest BCUT2D eigenvalue weighted by Gasteiger charge is 1.98. The predicted octanol–water partition coefficient (Wildman–Crippen LogP) is 2.27. The van der Waals surface area contributed by atoms with Crippen molar-refractivity contribution in [2.45, 2.75) is 6.54 Å². The largest absolute Gasteiger partial charge is 0.438 e. The number of carbonyl (C=O) groups is 1. The Bertz CT molecular complexity index is 264. The molecule has 1 N–H and O–H groups in total. The SMILES string of the molecule is O=C(NCc1ccccc1)OCBr. The first-order valence-electron chi connectivity index (χ1n) is 3.83. The Balaban J connectivity index is 2.31. The molecule has 70 valence electrons. The zero-order chi connectivity index (χ0) is 9.52. The van der Waals surface area contributed by atoms with Crippen LogP contribution in [0.3, 0.4) is 0 Å². The van der Waals surface area contributed by atoms with Crippen LogP contribution in [0, 0.1) is 0 Å². The molecule has 0 saturated heterocycles. The summed E-state index contributed by atoms with van der Waals surface area (Å²) in [5, 5.41) is 2.61. The van der Waals surface area contributed by atoms with Crippen LogP contribution in [0.4, 0.5) is 4.79 Å². The van der Waals surface area contributed by atoms with Gasteiger partial charge < -0.3 is 10.1 Å². The molecule has 0 heterocycles. The first kappa shape index (κ1) is 10.1. The lowest BCUT2D eigenvalue weighted by Crippen LogP contribution is -2.23. The smallest absolute Gasteiger partial charge is 0.408 e. The molecule has 0 aliphatic carbocycles. The molecule has 0 bridgehead atoms. The lowest BCUT2D eigenvalue weighted by molar-refractivity contribution is 0.166. The van der Waals surface area contributed by atoms with Crippen molar-refractivity contribution >= 4 is 22.0 Å². The summed E-state index contributed by atoms with van der Waals surface area (Å²) in [6.07, 6.45) is -0.416. The van der Waals surface area contributed by atoms with Crippen molar-refractivity contribution in [3.8, 4) is 0 Å². The zero-order valence-corrected chi connectivity index (χ0v) is 8.58. The van der Waals surface area contributed by atoms with Gasteiger partial charge in [-0.2, -0.15) is 0 Å². The van der Waals surface area contributed by atoms with Crippen molar-refractivity contribution < 1.29 is 9.53 Å². The third-order valence-electron chi connectivity index (χ3n) is 1.47. The van der Waals surface area contributed by atoms with E-state index in [9.17, 15) is 4.79 Å². The first-order chi connectivity index (χ1) is 6.33. The lowest BCUT2D eigenvalue weighted by atomic mass is 10.2. The molecule has 1 amide bonds. The van der Waals surface area contributed by atoms with Gasteiger partial charge in [-0.1, -0.05) is 30.3 Å². The third kappa shape index (κ3) is 3.94. The van der Waals surface area contributed by atoms with Crippen LogP contribution in [-0.4, -0.2) is 11.6 Å². The minimum absolute atomic E-state index is 0.216. The Kier molecular flexibility index (Phi) is 4.32. The van der Waals surface area contributed by atoms with Crippen LogP contribution in [0.1, 0.15) is 5.56 Å². The lowest BCUT2D eigenvalue weighted by Gasteiger charge is -2.03. The second kappa shape index (κ2) is 5.59. The number of amides is 1. The van der Waals surface area contributed by atoms with E-state index >= 15 is 0 Å². The molecule has 0 radical (unpaired) electrons. The standard InChI is InChI=1S/C9H10BrNO2/c10-7-13-9(12)11-6-8-4-2-1-3-5-8/h1-5H,6-7H2,(H,11,12). The summed E-state index contributed by atoms with van der Waals surface area (Å²) in [6.45, 7) is 0.493. The van der Waals surface area contributed by atoms with E-state index in [1.807, 2.05) is 30.3 Å². The average molecular weight is 244 g/mol. The Hall–Kier alpha value is -1.03. The number of benzene rings is 1. The molecule has 3 nitrogen and oxygen atoms in total. The van der Waals surface area contributed by atoms with Gasteiger partial charge in [-0.15, -0.1) is 0 Å². The Morgan fingerprint density at radius 1 is 1.38 bits per heavy atom. The quantitative estimate of drug-likeness (QED) is 0.828. The average Bonchev–Trinajstić information content (AvgIpc) is 2.17. The molecule has 1 aromatic carbocycles. The molecule has 0 fully saturated rings. The summed E-state index contributed by atoms with van der Waals surface area (Å²) in [6, 6.07) is 9.66. The normalized spacial score (nSPS) is 9.31. The van der Waals surface area contributed by atoms with E-state index in [2.05, 4.69) is 26.0 Å². The summed E-state index contributed by atoms with van der Waals surface area (Å²) in [5.41, 5.74) is 1.27. The van der Waals surface area contributed by atoms with Crippen molar-refractivity contribution in [1.29, 1.82) is 0 Å². The van der Waals surface area contributed by atoms with Crippen LogP contribution >= 0.6 is 15.9 Å². The number of ether oxygens (including phenoxy) is 1. The fourth-order valence-electron chi connectivity index (χ4n) is 0.871. The van der Waals surface area contributed by atoms with Crippen LogP contribution in [0.5, 0.6) is 0 Å². The van der Waals surface area contributed by atoms with Gasteiger partial charge in [-0.05, 0) is 21.5 Å². The number of halogens is 1. The van der Waals surface area contributed by atoms with Crippen molar-refractivity contribution in [2.24, 2.45) is 0 Å². The van der Waals surface area contributed by atoms with Crippen LogP contribution in [0.15, 0.2) is 30.3 Å². The number of hydrogen-bond donors (Lipinski definition) is 1. The molecule has 1 rings (SSSR count). The molecule has 0 atom stereocenters. The summed E-state index contributed by atoms with van der Waals surface area (Å²) >= 11 is 2.99. The number of nitrogens with one attached hydrogen (secondary N) is 1. The molecule has 4 heteroatoms. The maximum absolute atomic E-state index is 10.9. The molecule has 0 unspecified atom stereocenters. The molecular weight excluding hydrogens is 234 g/mol. The van der Waals surface area contributed by atoms with E-state index in [0.717, 1.165) is 5.56 Å². The van der Waals surface area contributed by atoms with Crippen LogP contribution in [0.25, 0.3) is 0 Å². The second-order valence-corrected chi connectivity index (χ2v) is 2.84. The number of carbonyl (C=O) groups excluding carboxylic acids is 1. The van der Waals surface area contributed by atoms with Crippen LogP contribution in [-0.2, 0) is 11.3 Å². The Morgan fingerprint density at radius 2 is 2.08 bits per heavy atom. The van der Waals surface area contributed by atoms with E-state index < -0.39 is 6.09 Å². The molecule has 0 aliphatic rings. The first-order valence-corrected chi connectivity index (χ1v) is 4.95. The molecule has 13 heavy (non-hydrogen) atoms. The molecule has 1 aromatic rings. The second-order valence-electron chi connectivity index (χ2n) is 2.38. The summed E-state index contributed by atoms with van der Waals surface area (Å²) < 4.78 is 4.63. The number of hydrogen-bond acceptors (Lipinski definition) is 2. The fourth-order valence-corrected chi connectivity index (χ4v) is 1.08. The molecule has 0 spiro atoms. The molecule has 0 aliphatic heterocycles. The molecular formula is C9H10BrNO2. The van der Waals surface area contributed by atoms with Crippen molar-refractivity contribution in [3.63, 3.8) is 0 Å². The summed E-state index contributed by atoms with van der Waals surface area (Å²) in [7, 11) is 0. The van der Waals surface area contributed by atoms with E-state index in [4.69, 9.17) is 0 Å². The van der Waals surface area contributed by atoms with Crippen molar-refractivity contribution in [1.82, 2.24) is 5.32 Å². The van der Waals surface area contributed by atoms with Gasteiger partial charge in [0, 0.05) is 6.54 Å². The zero-order valence-electron chi connectivity index (χ0n) is 7.00. The van der Waals surface area contributed by atoms with E-state index in [0.29, 0.717) is 6.54 Å². The van der Waals surface area contributed by atoms with Crippen molar-refractivity contribution in [2.75, 3.05) is 5.52 Å². The van der Waals surface area contributed by atoms with E-state index in [-0.39, 0.29) is 5.52 Å². The monoisotopic (exact) mass is 243 g/mol. The van der Waals surface area contributed by atoms with E-state index in [1.165, 1.54) is 0 Å².